The van der Waals surface area contributed by atoms with E-state index in [9.17, 15) is 4.79 Å². The molecule has 1 aliphatic heterocycles. The number of nitrogens with zero attached hydrogens (tertiary/aromatic N) is 4. The second-order valence-electron chi connectivity index (χ2n) is 7.35. The monoisotopic (exact) mass is 350 g/mol. The number of piperazine rings is 1. The normalized spacial score (nSPS) is 17.2. The maximum Gasteiger partial charge on any atom is 0.272 e. The number of aromatic nitrogens is 2. The standard InChI is InChI=1S/C21H26N4O/c1-15-6-5-9-19(16(15)2)24-10-12-25(13-11-24)21(26)20-17-7-3-4-8-18(17)22-14-23-20/h5-6,9,14H,3-4,7-8,10-13H2,1-2H3. The molecule has 2 aliphatic rings. The zero-order chi connectivity index (χ0) is 18.1. The van der Waals surface area contributed by atoms with Crippen molar-refractivity contribution in [1.29, 1.82) is 0 Å². The minimum Gasteiger partial charge on any atom is -0.368 e. The summed E-state index contributed by atoms with van der Waals surface area (Å²) in [6.07, 6.45) is 5.75. The van der Waals surface area contributed by atoms with Gasteiger partial charge >= 0.3 is 0 Å². The van der Waals surface area contributed by atoms with E-state index in [2.05, 4.69) is 46.9 Å². The minimum absolute atomic E-state index is 0.0752. The topological polar surface area (TPSA) is 49.3 Å². The molecule has 1 saturated heterocycles. The van der Waals surface area contributed by atoms with Crippen LogP contribution in [0.1, 0.15) is 45.7 Å². The highest BCUT2D eigenvalue weighted by molar-refractivity contribution is 5.94. The molecular weight excluding hydrogens is 324 g/mol. The van der Waals surface area contributed by atoms with Gasteiger partial charge < -0.3 is 9.80 Å². The van der Waals surface area contributed by atoms with E-state index in [0.29, 0.717) is 5.69 Å². The number of rotatable bonds is 2. The lowest BCUT2D eigenvalue weighted by molar-refractivity contribution is 0.0739. The summed E-state index contributed by atoms with van der Waals surface area (Å²) in [5, 5.41) is 0. The molecule has 0 spiro atoms. The lowest BCUT2D eigenvalue weighted by atomic mass is 9.94. The van der Waals surface area contributed by atoms with Gasteiger partial charge in [-0.1, -0.05) is 12.1 Å². The van der Waals surface area contributed by atoms with Gasteiger partial charge in [0.2, 0.25) is 0 Å². The van der Waals surface area contributed by atoms with Gasteiger partial charge in [0, 0.05) is 43.1 Å². The third kappa shape index (κ3) is 3.06. The maximum atomic E-state index is 13.1. The molecule has 1 amide bonds. The highest BCUT2D eigenvalue weighted by Crippen LogP contribution is 2.25. The number of carbonyl (C=O) groups is 1. The van der Waals surface area contributed by atoms with E-state index in [0.717, 1.165) is 63.1 Å². The number of anilines is 1. The van der Waals surface area contributed by atoms with E-state index in [-0.39, 0.29) is 5.91 Å². The third-order valence-electron chi connectivity index (χ3n) is 5.81. The molecule has 1 aromatic heterocycles. The summed E-state index contributed by atoms with van der Waals surface area (Å²) in [5.74, 6) is 0.0752. The first-order valence-electron chi connectivity index (χ1n) is 9.58. The third-order valence-corrected chi connectivity index (χ3v) is 5.81. The van der Waals surface area contributed by atoms with Gasteiger partial charge in [0.25, 0.3) is 5.91 Å². The summed E-state index contributed by atoms with van der Waals surface area (Å²) in [4.78, 5) is 26.1. The Kier molecular flexibility index (Phi) is 4.62. The Labute approximate surface area is 155 Å². The van der Waals surface area contributed by atoms with Crippen LogP contribution >= 0.6 is 0 Å². The fourth-order valence-corrected chi connectivity index (χ4v) is 4.08. The Morgan fingerprint density at radius 2 is 1.77 bits per heavy atom. The lowest BCUT2D eigenvalue weighted by Gasteiger charge is -2.37. The van der Waals surface area contributed by atoms with Crippen molar-refractivity contribution in [3.05, 3.63) is 52.6 Å². The summed E-state index contributed by atoms with van der Waals surface area (Å²) in [5.41, 5.74) is 6.72. The fraction of sp³-hybridized carbons (Fsp3) is 0.476. The van der Waals surface area contributed by atoms with E-state index in [4.69, 9.17) is 0 Å². The maximum absolute atomic E-state index is 13.1. The van der Waals surface area contributed by atoms with Crippen molar-refractivity contribution < 1.29 is 4.79 Å². The molecule has 0 unspecified atom stereocenters. The zero-order valence-corrected chi connectivity index (χ0v) is 15.7. The van der Waals surface area contributed by atoms with E-state index >= 15 is 0 Å². The molecule has 1 fully saturated rings. The molecule has 1 aliphatic carbocycles. The molecule has 0 N–H and O–H groups in total. The van der Waals surface area contributed by atoms with Crippen molar-refractivity contribution >= 4 is 11.6 Å². The number of amides is 1. The van der Waals surface area contributed by atoms with Crippen LogP contribution < -0.4 is 4.90 Å². The molecule has 1 aromatic carbocycles. The fourth-order valence-electron chi connectivity index (χ4n) is 4.08. The summed E-state index contributed by atoms with van der Waals surface area (Å²) in [6.45, 7) is 7.54. The molecular formula is C21H26N4O. The number of carbonyl (C=O) groups excluding carboxylic acids is 1. The zero-order valence-electron chi connectivity index (χ0n) is 15.7. The number of aryl methyl sites for hydroxylation is 2. The van der Waals surface area contributed by atoms with Crippen molar-refractivity contribution in [1.82, 2.24) is 14.9 Å². The van der Waals surface area contributed by atoms with E-state index in [1.165, 1.54) is 16.8 Å². The van der Waals surface area contributed by atoms with Crippen LogP contribution in [0.5, 0.6) is 0 Å². The SMILES string of the molecule is Cc1cccc(N2CCN(C(=O)c3ncnc4c3CCCC4)CC2)c1C. The van der Waals surface area contributed by atoms with Crippen molar-refractivity contribution in [2.45, 2.75) is 39.5 Å². The Bertz CT molecular complexity index is 825. The number of hydrogen-bond acceptors (Lipinski definition) is 4. The second kappa shape index (κ2) is 7.06. The van der Waals surface area contributed by atoms with Crippen LogP contribution in [0.25, 0.3) is 0 Å². The van der Waals surface area contributed by atoms with E-state index in [1.807, 2.05) is 4.90 Å². The first kappa shape index (κ1) is 17.0. The van der Waals surface area contributed by atoms with Crippen LogP contribution in [-0.4, -0.2) is 47.0 Å². The van der Waals surface area contributed by atoms with E-state index in [1.54, 1.807) is 6.33 Å². The van der Waals surface area contributed by atoms with Gasteiger partial charge in [0.05, 0.1) is 0 Å². The predicted molar refractivity (Wildman–Crippen MR) is 103 cm³/mol. The molecule has 4 rings (SSSR count). The van der Waals surface area contributed by atoms with Gasteiger partial charge in [0.15, 0.2) is 0 Å². The van der Waals surface area contributed by atoms with Crippen LogP contribution in [0.2, 0.25) is 0 Å². The van der Waals surface area contributed by atoms with Crippen LogP contribution in [0.15, 0.2) is 24.5 Å². The van der Waals surface area contributed by atoms with E-state index < -0.39 is 0 Å². The lowest BCUT2D eigenvalue weighted by Crippen LogP contribution is -2.49. The minimum atomic E-state index is 0.0752. The Morgan fingerprint density at radius 3 is 2.58 bits per heavy atom. The second-order valence-corrected chi connectivity index (χ2v) is 7.35. The largest absolute Gasteiger partial charge is 0.368 e. The van der Waals surface area contributed by atoms with Crippen LogP contribution in [0.3, 0.4) is 0 Å². The van der Waals surface area contributed by atoms with Crippen molar-refractivity contribution in [3.8, 4) is 0 Å². The summed E-state index contributed by atoms with van der Waals surface area (Å²) < 4.78 is 0. The van der Waals surface area contributed by atoms with Gasteiger partial charge in [-0.3, -0.25) is 4.79 Å². The smallest absolute Gasteiger partial charge is 0.272 e. The van der Waals surface area contributed by atoms with Crippen molar-refractivity contribution in [2.75, 3.05) is 31.1 Å². The Balaban J connectivity index is 1.48. The average molecular weight is 350 g/mol. The van der Waals surface area contributed by atoms with Gasteiger partial charge in [0.1, 0.15) is 12.0 Å². The van der Waals surface area contributed by atoms with Crippen LogP contribution in [0, 0.1) is 13.8 Å². The predicted octanol–water partition coefficient (Wildman–Crippen LogP) is 2.93. The molecule has 0 radical (unpaired) electrons. The first-order valence-corrected chi connectivity index (χ1v) is 9.58. The summed E-state index contributed by atoms with van der Waals surface area (Å²) >= 11 is 0. The van der Waals surface area contributed by atoms with Crippen molar-refractivity contribution in [3.63, 3.8) is 0 Å². The highest BCUT2D eigenvalue weighted by Gasteiger charge is 2.27. The molecule has 0 saturated carbocycles. The van der Waals surface area contributed by atoms with Crippen LogP contribution in [0.4, 0.5) is 5.69 Å². The number of hydrogen-bond donors (Lipinski definition) is 0. The quantitative estimate of drug-likeness (QED) is 0.836. The summed E-state index contributed by atoms with van der Waals surface area (Å²) in [7, 11) is 0. The molecule has 26 heavy (non-hydrogen) atoms. The highest BCUT2D eigenvalue weighted by atomic mass is 16.2. The van der Waals surface area contributed by atoms with Gasteiger partial charge in [-0.15, -0.1) is 0 Å². The molecule has 5 nitrogen and oxygen atoms in total. The van der Waals surface area contributed by atoms with Crippen molar-refractivity contribution in [2.24, 2.45) is 0 Å². The first-order chi connectivity index (χ1) is 12.6. The molecule has 2 aromatic rings. The molecule has 0 atom stereocenters. The van der Waals surface area contributed by atoms with Crippen LogP contribution in [-0.2, 0) is 12.8 Å². The number of fused-ring (bicyclic) bond motifs is 1. The molecule has 5 heteroatoms. The van der Waals surface area contributed by atoms with Gasteiger partial charge in [-0.25, -0.2) is 9.97 Å². The molecule has 2 heterocycles. The Morgan fingerprint density at radius 1 is 1.00 bits per heavy atom. The number of benzene rings is 1. The van der Waals surface area contributed by atoms with Gasteiger partial charge in [-0.05, 0) is 56.7 Å². The molecule has 136 valence electrons. The molecule has 0 bridgehead atoms. The Hall–Kier alpha value is -2.43. The average Bonchev–Trinajstić information content (AvgIpc) is 2.69. The van der Waals surface area contributed by atoms with Gasteiger partial charge in [-0.2, -0.15) is 0 Å². The summed E-state index contributed by atoms with van der Waals surface area (Å²) in [6, 6.07) is 6.44.